The van der Waals surface area contributed by atoms with E-state index < -0.39 is 23.4 Å². The number of aryl methyl sites for hydroxylation is 1. The number of amides is 1. The standard InChI is InChI=1S/C21H24N2O5/c1-14(2)12-18(16-9-5-4-6-10-16)22-19(24)13-28-21(25)17-11-7-8-15(3)20(17)23(26)27/h4-11,14,18H,12-13H2,1-3H3,(H,22,24). The summed E-state index contributed by atoms with van der Waals surface area (Å²) in [6.07, 6.45) is 0.729. The number of nitrogens with one attached hydrogen (secondary N) is 1. The molecule has 1 amide bonds. The first kappa shape index (κ1) is 21.1. The Hall–Kier alpha value is -3.22. The monoisotopic (exact) mass is 384 g/mol. The van der Waals surface area contributed by atoms with E-state index in [1.165, 1.54) is 25.1 Å². The highest BCUT2D eigenvalue weighted by Gasteiger charge is 2.24. The Balaban J connectivity index is 2.04. The third-order valence-corrected chi connectivity index (χ3v) is 4.22. The largest absolute Gasteiger partial charge is 0.452 e. The molecule has 0 saturated carbocycles. The highest BCUT2D eigenvalue weighted by Crippen LogP contribution is 2.24. The molecule has 7 heteroatoms. The third kappa shape index (κ3) is 5.64. The van der Waals surface area contributed by atoms with E-state index >= 15 is 0 Å². The van der Waals surface area contributed by atoms with Gasteiger partial charge in [0.15, 0.2) is 6.61 Å². The summed E-state index contributed by atoms with van der Waals surface area (Å²) in [5.74, 6) is -1.01. The van der Waals surface area contributed by atoms with Crippen LogP contribution < -0.4 is 5.32 Å². The molecule has 0 aliphatic rings. The maximum Gasteiger partial charge on any atom is 0.345 e. The van der Waals surface area contributed by atoms with Crippen molar-refractivity contribution in [2.45, 2.75) is 33.2 Å². The van der Waals surface area contributed by atoms with Gasteiger partial charge >= 0.3 is 5.97 Å². The van der Waals surface area contributed by atoms with Gasteiger partial charge in [0.2, 0.25) is 0 Å². The fourth-order valence-corrected chi connectivity index (χ4v) is 2.95. The number of benzene rings is 2. The van der Waals surface area contributed by atoms with Gasteiger partial charge in [0.1, 0.15) is 5.56 Å². The van der Waals surface area contributed by atoms with E-state index in [4.69, 9.17) is 4.74 Å². The summed E-state index contributed by atoms with van der Waals surface area (Å²) >= 11 is 0. The molecule has 7 nitrogen and oxygen atoms in total. The van der Waals surface area contributed by atoms with Crippen LogP contribution in [0.3, 0.4) is 0 Å². The van der Waals surface area contributed by atoms with Crippen LogP contribution in [0, 0.1) is 23.0 Å². The zero-order valence-electron chi connectivity index (χ0n) is 16.2. The first-order chi connectivity index (χ1) is 13.3. The van der Waals surface area contributed by atoms with Crippen LogP contribution >= 0.6 is 0 Å². The lowest BCUT2D eigenvalue weighted by molar-refractivity contribution is -0.385. The Bertz CT molecular complexity index is 849. The first-order valence-electron chi connectivity index (χ1n) is 9.05. The van der Waals surface area contributed by atoms with Crippen LogP contribution in [-0.2, 0) is 9.53 Å². The number of ether oxygens (including phenoxy) is 1. The molecule has 0 fully saturated rings. The summed E-state index contributed by atoms with van der Waals surface area (Å²) in [5, 5.41) is 14.1. The highest BCUT2D eigenvalue weighted by molar-refractivity contribution is 5.95. The second-order valence-electron chi connectivity index (χ2n) is 6.96. The molecule has 0 heterocycles. The lowest BCUT2D eigenvalue weighted by atomic mass is 9.97. The lowest BCUT2D eigenvalue weighted by Crippen LogP contribution is -2.33. The summed E-state index contributed by atoms with van der Waals surface area (Å²) in [7, 11) is 0. The average molecular weight is 384 g/mol. The van der Waals surface area contributed by atoms with E-state index in [0.29, 0.717) is 11.5 Å². The van der Waals surface area contributed by atoms with Crippen molar-refractivity contribution in [3.63, 3.8) is 0 Å². The predicted molar refractivity (Wildman–Crippen MR) is 105 cm³/mol. The van der Waals surface area contributed by atoms with Crippen LogP contribution in [0.2, 0.25) is 0 Å². The minimum absolute atomic E-state index is 0.167. The van der Waals surface area contributed by atoms with E-state index in [-0.39, 0.29) is 17.3 Å². The van der Waals surface area contributed by atoms with Gasteiger partial charge in [-0.3, -0.25) is 14.9 Å². The van der Waals surface area contributed by atoms with E-state index in [1.54, 1.807) is 0 Å². The second kappa shape index (κ2) is 9.64. The Kier molecular flexibility index (Phi) is 7.26. The molecule has 0 bridgehead atoms. The van der Waals surface area contributed by atoms with Crippen molar-refractivity contribution in [2.24, 2.45) is 5.92 Å². The van der Waals surface area contributed by atoms with Crippen LogP contribution in [0.1, 0.15) is 47.8 Å². The van der Waals surface area contributed by atoms with Gasteiger partial charge in [0.05, 0.1) is 11.0 Å². The molecular weight excluding hydrogens is 360 g/mol. The molecule has 148 valence electrons. The van der Waals surface area contributed by atoms with Crippen molar-refractivity contribution in [2.75, 3.05) is 6.61 Å². The highest BCUT2D eigenvalue weighted by atomic mass is 16.6. The summed E-state index contributed by atoms with van der Waals surface area (Å²) in [4.78, 5) is 35.1. The molecule has 0 aliphatic carbocycles. The van der Waals surface area contributed by atoms with Crippen LogP contribution in [0.15, 0.2) is 48.5 Å². The van der Waals surface area contributed by atoms with Crippen molar-refractivity contribution in [3.8, 4) is 0 Å². The maximum atomic E-state index is 12.3. The van der Waals surface area contributed by atoms with Crippen LogP contribution in [-0.4, -0.2) is 23.4 Å². The number of hydrogen-bond acceptors (Lipinski definition) is 5. The SMILES string of the molecule is Cc1cccc(C(=O)OCC(=O)NC(CC(C)C)c2ccccc2)c1[N+](=O)[O-]. The molecule has 28 heavy (non-hydrogen) atoms. The van der Waals surface area contributed by atoms with E-state index in [9.17, 15) is 19.7 Å². The van der Waals surface area contributed by atoms with Crippen LogP contribution in [0.5, 0.6) is 0 Å². The van der Waals surface area contributed by atoms with Gasteiger partial charge in [-0.2, -0.15) is 0 Å². The number of rotatable bonds is 8. The van der Waals surface area contributed by atoms with E-state index in [1.807, 2.05) is 30.3 Å². The molecular formula is C21H24N2O5. The number of nitro benzene ring substituents is 1. The topological polar surface area (TPSA) is 98.5 Å². The molecule has 2 aromatic rings. The number of nitrogens with zero attached hydrogens (tertiary/aromatic N) is 1. The Morgan fingerprint density at radius 1 is 1.11 bits per heavy atom. The quantitative estimate of drug-likeness (QED) is 0.422. The van der Waals surface area contributed by atoms with Crippen molar-refractivity contribution >= 4 is 17.6 Å². The number of carbonyl (C=O) groups excluding carboxylic acids is 2. The van der Waals surface area contributed by atoms with Gasteiger partial charge in [-0.05, 0) is 30.9 Å². The van der Waals surface area contributed by atoms with Crippen molar-refractivity contribution in [1.29, 1.82) is 0 Å². The van der Waals surface area contributed by atoms with Crippen molar-refractivity contribution < 1.29 is 19.2 Å². The normalized spacial score (nSPS) is 11.7. The molecule has 0 spiro atoms. The molecule has 1 N–H and O–H groups in total. The average Bonchev–Trinajstić information content (AvgIpc) is 2.65. The smallest absolute Gasteiger partial charge is 0.345 e. The summed E-state index contributed by atoms with van der Waals surface area (Å²) in [6.45, 7) is 5.14. The summed E-state index contributed by atoms with van der Waals surface area (Å²) in [6, 6.07) is 13.7. The minimum Gasteiger partial charge on any atom is -0.452 e. The fourth-order valence-electron chi connectivity index (χ4n) is 2.95. The predicted octanol–water partition coefficient (Wildman–Crippen LogP) is 3.96. The molecule has 2 aromatic carbocycles. The van der Waals surface area contributed by atoms with Gasteiger partial charge in [-0.1, -0.05) is 56.3 Å². The Morgan fingerprint density at radius 3 is 2.39 bits per heavy atom. The molecule has 1 unspecified atom stereocenters. The number of esters is 1. The van der Waals surface area contributed by atoms with Gasteiger partial charge in [0.25, 0.3) is 11.6 Å². The van der Waals surface area contributed by atoms with Crippen LogP contribution in [0.4, 0.5) is 5.69 Å². The lowest BCUT2D eigenvalue weighted by Gasteiger charge is -2.21. The van der Waals surface area contributed by atoms with E-state index in [0.717, 1.165) is 12.0 Å². The fraction of sp³-hybridized carbons (Fsp3) is 0.333. The molecule has 2 rings (SSSR count). The summed E-state index contributed by atoms with van der Waals surface area (Å²) < 4.78 is 5.02. The molecule has 1 atom stereocenters. The maximum absolute atomic E-state index is 12.3. The zero-order chi connectivity index (χ0) is 20.7. The molecule has 0 aromatic heterocycles. The van der Waals surface area contributed by atoms with Gasteiger partial charge in [-0.15, -0.1) is 0 Å². The Morgan fingerprint density at radius 2 is 1.79 bits per heavy atom. The number of hydrogen-bond donors (Lipinski definition) is 1. The van der Waals surface area contributed by atoms with Gasteiger partial charge in [0, 0.05) is 5.56 Å². The first-order valence-corrected chi connectivity index (χ1v) is 9.05. The number of para-hydroxylation sites is 1. The van der Waals surface area contributed by atoms with Crippen LogP contribution in [0.25, 0.3) is 0 Å². The third-order valence-electron chi connectivity index (χ3n) is 4.22. The van der Waals surface area contributed by atoms with Gasteiger partial charge < -0.3 is 10.1 Å². The number of nitro groups is 1. The molecule has 0 radical (unpaired) electrons. The molecule has 0 saturated heterocycles. The Labute approximate surface area is 163 Å². The zero-order valence-corrected chi connectivity index (χ0v) is 16.2. The van der Waals surface area contributed by atoms with E-state index in [2.05, 4.69) is 19.2 Å². The second-order valence-corrected chi connectivity index (χ2v) is 6.96. The minimum atomic E-state index is -0.898. The summed E-state index contributed by atoms with van der Waals surface area (Å²) in [5.41, 5.74) is 0.838. The molecule has 0 aliphatic heterocycles. The van der Waals surface area contributed by atoms with Gasteiger partial charge in [-0.25, -0.2) is 4.79 Å². The number of carbonyl (C=O) groups is 2. The van der Waals surface area contributed by atoms with Crippen molar-refractivity contribution in [3.05, 3.63) is 75.3 Å². The van der Waals surface area contributed by atoms with Crippen molar-refractivity contribution in [1.82, 2.24) is 5.32 Å².